The second-order valence-corrected chi connectivity index (χ2v) is 2.27. The molecule has 0 spiro atoms. The van der Waals surface area contributed by atoms with E-state index in [0.29, 0.717) is 0 Å². The Morgan fingerprint density at radius 3 is 2.50 bits per heavy atom. The van der Waals surface area contributed by atoms with E-state index in [1.807, 2.05) is 0 Å². The lowest BCUT2D eigenvalue weighted by molar-refractivity contribution is 0.0510. The second-order valence-electron chi connectivity index (χ2n) is 2.27. The summed E-state index contributed by atoms with van der Waals surface area (Å²) in [6, 6.07) is 0. The molecule has 0 radical (unpaired) electrons. The molecule has 0 bridgehead atoms. The lowest BCUT2D eigenvalue weighted by Gasteiger charge is -2.14. The van der Waals surface area contributed by atoms with Crippen molar-refractivity contribution in [3.8, 4) is 0 Å². The Bertz CT molecular complexity index is 114. The van der Waals surface area contributed by atoms with Crippen molar-refractivity contribution in [2.75, 3.05) is 20.7 Å². The molecule has 1 amide bonds. The van der Waals surface area contributed by atoms with E-state index < -0.39 is 12.2 Å². The highest BCUT2D eigenvalue weighted by molar-refractivity contribution is 5.66. The van der Waals surface area contributed by atoms with Crippen molar-refractivity contribution in [1.82, 2.24) is 4.90 Å². The van der Waals surface area contributed by atoms with E-state index in [4.69, 9.17) is 9.84 Å². The van der Waals surface area contributed by atoms with Gasteiger partial charge in [-0.2, -0.15) is 0 Å². The number of carbonyl (C=O) groups is 1. The van der Waals surface area contributed by atoms with Gasteiger partial charge in [0.1, 0.15) is 6.10 Å². The largest absolute Gasteiger partial charge is 0.444 e. The second kappa shape index (κ2) is 4.11. The van der Waals surface area contributed by atoms with Crippen molar-refractivity contribution in [3.63, 3.8) is 0 Å². The van der Waals surface area contributed by atoms with Gasteiger partial charge in [0.15, 0.2) is 0 Å². The Labute approximate surface area is 60.4 Å². The Hall–Kier alpha value is -0.770. The van der Waals surface area contributed by atoms with Crippen LogP contribution in [0.25, 0.3) is 0 Å². The van der Waals surface area contributed by atoms with Crippen molar-refractivity contribution >= 4 is 6.09 Å². The van der Waals surface area contributed by atoms with Crippen LogP contribution in [0.1, 0.15) is 6.92 Å². The van der Waals surface area contributed by atoms with Crippen molar-refractivity contribution in [2.24, 2.45) is 0 Å². The lowest BCUT2D eigenvalue weighted by atomic mass is 10.4. The molecule has 4 heteroatoms. The summed E-state index contributed by atoms with van der Waals surface area (Å²) in [5.74, 6) is 0. The first kappa shape index (κ1) is 9.23. The maximum Gasteiger partial charge on any atom is 0.409 e. The van der Waals surface area contributed by atoms with E-state index in [1.165, 1.54) is 4.90 Å². The molecule has 0 saturated heterocycles. The van der Waals surface area contributed by atoms with E-state index in [9.17, 15) is 4.79 Å². The molecule has 0 aliphatic carbocycles. The monoisotopic (exact) mass is 147 g/mol. The van der Waals surface area contributed by atoms with Gasteiger partial charge in [0.2, 0.25) is 0 Å². The van der Waals surface area contributed by atoms with E-state index in [0.717, 1.165) is 0 Å². The Balaban J connectivity index is 3.57. The average Bonchev–Trinajstić information content (AvgIpc) is 1.87. The van der Waals surface area contributed by atoms with E-state index in [1.54, 1.807) is 21.0 Å². The first-order valence-corrected chi connectivity index (χ1v) is 3.06. The third-order valence-corrected chi connectivity index (χ3v) is 0.924. The van der Waals surface area contributed by atoms with Crippen LogP contribution in [-0.2, 0) is 4.74 Å². The van der Waals surface area contributed by atoms with Gasteiger partial charge in [-0.3, -0.25) is 0 Å². The number of aliphatic hydroxyl groups excluding tert-OH is 1. The summed E-state index contributed by atoms with van der Waals surface area (Å²) >= 11 is 0. The first-order valence-electron chi connectivity index (χ1n) is 3.06. The number of nitrogens with zero attached hydrogens (tertiary/aromatic N) is 1. The highest BCUT2D eigenvalue weighted by Crippen LogP contribution is 1.92. The van der Waals surface area contributed by atoms with Crippen molar-refractivity contribution in [3.05, 3.63) is 0 Å². The molecule has 0 fully saturated rings. The highest BCUT2D eigenvalue weighted by atomic mass is 16.6. The molecule has 0 heterocycles. The van der Waals surface area contributed by atoms with Gasteiger partial charge < -0.3 is 14.7 Å². The summed E-state index contributed by atoms with van der Waals surface area (Å²) in [4.78, 5) is 12.0. The molecule has 0 aliphatic rings. The summed E-state index contributed by atoms with van der Waals surface area (Å²) in [6.07, 6.45) is -0.851. The van der Waals surface area contributed by atoms with Crippen LogP contribution in [0.4, 0.5) is 4.79 Å². The molecule has 0 aliphatic heterocycles. The number of carbonyl (C=O) groups excluding carboxylic acids is 1. The summed E-state index contributed by atoms with van der Waals surface area (Å²) in [5, 5.41) is 8.47. The molecule has 0 rings (SSSR count). The van der Waals surface area contributed by atoms with Crippen LogP contribution in [0.3, 0.4) is 0 Å². The highest BCUT2D eigenvalue weighted by Gasteiger charge is 2.08. The summed E-state index contributed by atoms with van der Waals surface area (Å²) in [6.45, 7) is 1.49. The molecule has 60 valence electrons. The zero-order chi connectivity index (χ0) is 8.15. The van der Waals surface area contributed by atoms with Crippen LogP contribution in [0.2, 0.25) is 0 Å². The predicted octanol–water partition coefficient (Wildman–Crippen LogP) is 0.0654. The van der Waals surface area contributed by atoms with Gasteiger partial charge >= 0.3 is 6.09 Å². The van der Waals surface area contributed by atoms with Gasteiger partial charge in [0, 0.05) is 14.1 Å². The van der Waals surface area contributed by atoms with Crippen molar-refractivity contribution < 1.29 is 14.6 Å². The van der Waals surface area contributed by atoms with E-state index >= 15 is 0 Å². The van der Waals surface area contributed by atoms with Crippen molar-refractivity contribution in [2.45, 2.75) is 13.0 Å². The molecule has 0 aromatic heterocycles. The Kier molecular flexibility index (Phi) is 3.79. The van der Waals surface area contributed by atoms with Gasteiger partial charge in [0.25, 0.3) is 0 Å². The number of rotatable bonds is 2. The minimum Gasteiger partial charge on any atom is -0.444 e. The fraction of sp³-hybridized carbons (Fsp3) is 0.833. The molecular formula is C6H13NO3. The molecule has 0 aromatic rings. The van der Waals surface area contributed by atoms with Crippen LogP contribution in [0, 0.1) is 0 Å². The first-order chi connectivity index (χ1) is 4.57. The van der Waals surface area contributed by atoms with Gasteiger partial charge in [-0.05, 0) is 6.92 Å². The normalized spacial score (nSPS) is 12.4. The molecule has 0 saturated carbocycles. The van der Waals surface area contributed by atoms with Crippen LogP contribution >= 0.6 is 0 Å². The van der Waals surface area contributed by atoms with E-state index in [2.05, 4.69) is 0 Å². The SMILES string of the molecule is CC(CO)OC(=O)N(C)C. The predicted molar refractivity (Wildman–Crippen MR) is 36.7 cm³/mol. The van der Waals surface area contributed by atoms with Crippen LogP contribution in [0.5, 0.6) is 0 Å². The standard InChI is InChI=1S/C6H13NO3/c1-5(4-8)10-6(9)7(2)3/h5,8H,4H2,1-3H3. The average molecular weight is 147 g/mol. The quantitative estimate of drug-likeness (QED) is 0.601. The summed E-state index contributed by atoms with van der Waals surface area (Å²) in [5.41, 5.74) is 0. The topological polar surface area (TPSA) is 49.8 Å². The smallest absolute Gasteiger partial charge is 0.409 e. The maximum absolute atomic E-state index is 10.7. The summed E-state index contributed by atoms with van der Waals surface area (Å²) < 4.78 is 4.70. The zero-order valence-corrected chi connectivity index (χ0v) is 6.50. The summed E-state index contributed by atoms with van der Waals surface area (Å²) in [7, 11) is 3.18. The van der Waals surface area contributed by atoms with Gasteiger partial charge in [-0.25, -0.2) is 4.79 Å². The van der Waals surface area contributed by atoms with Gasteiger partial charge in [-0.15, -0.1) is 0 Å². The number of ether oxygens (including phenoxy) is 1. The molecule has 1 N–H and O–H groups in total. The number of hydrogen-bond acceptors (Lipinski definition) is 3. The third-order valence-electron chi connectivity index (χ3n) is 0.924. The Morgan fingerprint density at radius 2 is 2.20 bits per heavy atom. The van der Waals surface area contributed by atoms with Crippen molar-refractivity contribution in [1.29, 1.82) is 0 Å². The fourth-order valence-corrected chi connectivity index (χ4v) is 0.315. The molecule has 4 nitrogen and oxygen atoms in total. The minimum atomic E-state index is -0.429. The van der Waals surface area contributed by atoms with E-state index in [-0.39, 0.29) is 6.61 Å². The minimum absolute atomic E-state index is 0.139. The molecular weight excluding hydrogens is 134 g/mol. The fourth-order valence-electron chi connectivity index (χ4n) is 0.315. The van der Waals surface area contributed by atoms with Gasteiger partial charge in [0.05, 0.1) is 6.61 Å². The third kappa shape index (κ3) is 3.29. The molecule has 0 aromatic carbocycles. The van der Waals surface area contributed by atoms with Crippen LogP contribution in [0.15, 0.2) is 0 Å². The number of aliphatic hydroxyl groups is 1. The molecule has 10 heavy (non-hydrogen) atoms. The van der Waals surface area contributed by atoms with Crippen LogP contribution in [-0.4, -0.2) is 42.9 Å². The number of hydrogen-bond donors (Lipinski definition) is 1. The zero-order valence-electron chi connectivity index (χ0n) is 6.50. The van der Waals surface area contributed by atoms with Gasteiger partial charge in [-0.1, -0.05) is 0 Å². The molecule has 1 atom stereocenters. The number of amides is 1. The lowest BCUT2D eigenvalue weighted by Crippen LogP contribution is -2.28. The Morgan fingerprint density at radius 1 is 1.70 bits per heavy atom. The molecule has 1 unspecified atom stereocenters. The van der Waals surface area contributed by atoms with Crippen LogP contribution < -0.4 is 0 Å². The maximum atomic E-state index is 10.7.